The molecule has 0 bridgehead atoms. The van der Waals surface area contributed by atoms with Gasteiger partial charge in [0, 0.05) is 12.3 Å². The highest BCUT2D eigenvalue weighted by Crippen LogP contribution is 2.22. The number of aromatic amines is 1. The first-order valence-electron chi connectivity index (χ1n) is 8.52. The summed E-state index contributed by atoms with van der Waals surface area (Å²) < 4.78 is 6.62. The summed E-state index contributed by atoms with van der Waals surface area (Å²) in [6.07, 6.45) is 5.37. The Kier molecular flexibility index (Phi) is 5.53. The third-order valence-electron chi connectivity index (χ3n) is 4.63. The Bertz CT molecular complexity index is 918. The Labute approximate surface area is 156 Å². The standard InChI is InChI=1S/C18H22N4O3S/c1-25-12-8-6-11(7-9-12)22-17(24)13(16(23)21-18(22)26)10-20-15-5-3-2-4-14(15)19/h6-10,14-15,24H,2-5,19H2,1H3,(H,21,23,26)/t14-,15-/m0/s1. The number of aliphatic imine (C=N–C) groups is 1. The van der Waals surface area contributed by atoms with Crippen LogP contribution in [0, 0.1) is 4.77 Å². The van der Waals surface area contributed by atoms with Crippen molar-refractivity contribution in [2.45, 2.75) is 37.8 Å². The van der Waals surface area contributed by atoms with E-state index in [0.29, 0.717) is 11.4 Å². The van der Waals surface area contributed by atoms with Crippen LogP contribution in [-0.2, 0) is 0 Å². The van der Waals surface area contributed by atoms with Gasteiger partial charge in [0.15, 0.2) is 4.77 Å². The quantitative estimate of drug-likeness (QED) is 0.562. The van der Waals surface area contributed by atoms with Gasteiger partial charge in [-0.3, -0.25) is 19.3 Å². The number of hydrogen-bond acceptors (Lipinski definition) is 6. The smallest absolute Gasteiger partial charge is 0.264 e. The van der Waals surface area contributed by atoms with Gasteiger partial charge in [0.1, 0.15) is 11.3 Å². The van der Waals surface area contributed by atoms with Crippen molar-refractivity contribution >= 4 is 18.4 Å². The molecular formula is C18H22N4O3S. The number of nitrogens with one attached hydrogen (secondary N) is 1. The molecule has 1 saturated carbocycles. The molecule has 2 aromatic rings. The van der Waals surface area contributed by atoms with Gasteiger partial charge in [0.2, 0.25) is 5.88 Å². The van der Waals surface area contributed by atoms with Crippen molar-refractivity contribution < 1.29 is 9.84 Å². The molecule has 1 heterocycles. The monoisotopic (exact) mass is 374 g/mol. The molecule has 2 atom stereocenters. The zero-order valence-corrected chi connectivity index (χ0v) is 15.3. The van der Waals surface area contributed by atoms with Crippen LogP contribution in [0.25, 0.3) is 5.69 Å². The van der Waals surface area contributed by atoms with Gasteiger partial charge in [-0.05, 0) is 49.3 Å². The van der Waals surface area contributed by atoms with Crippen LogP contribution in [0.5, 0.6) is 11.6 Å². The molecular weight excluding hydrogens is 352 g/mol. The molecule has 1 fully saturated rings. The number of ether oxygens (including phenoxy) is 1. The van der Waals surface area contributed by atoms with E-state index in [4.69, 9.17) is 22.7 Å². The van der Waals surface area contributed by atoms with E-state index in [1.54, 1.807) is 31.4 Å². The topological polar surface area (TPSA) is 106 Å². The van der Waals surface area contributed by atoms with E-state index in [1.165, 1.54) is 10.8 Å². The fraction of sp³-hybridized carbons (Fsp3) is 0.389. The minimum Gasteiger partial charge on any atom is -0.497 e. The maximum atomic E-state index is 12.3. The number of benzene rings is 1. The van der Waals surface area contributed by atoms with E-state index in [0.717, 1.165) is 25.7 Å². The molecule has 1 aliphatic rings. The molecule has 7 nitrogen and oxygen atoms in total. The lowest BCUT2D eigenvalue weighted by atomic mass is 9.91. The van der Waals surface area contributed by atoms with Crippen molar-refractivity contribution in [3.8, 4) is 17.3 Å². The minimum atomic E-state index is -0.481. The predicted molar refractivity (Wildman–Crippen MR) is 103 cm³/mol. The fourth-order valence-electron chi connectivity index (χ4n) is 3.12. The van der Waals surface area contributed by atoms with Crippen LogP contribution in [0.4, 0.5) is 0 Å². The summed E-state index contributed by atoms with van der Waals surface area (Å²) in [5, 5.41) is 10.6. The summed E-state index contributed by atoms with van der Waals surface area (Å²) in [5.41, 5.74) is 6.28. The van der Waals surface area contributed by atoms with Crippen LogP contribution >= 0.6 is 12.2 Å². The Morgan fingerprint density at radius 2 is 2.04 bits per heavy atom. The molecule has 26 heavy (non-hydrogen) atoms. The first kappa shape index (κ1) is 18.3. The third-order valence-corrected chi connectivity index (χ3v) is 4.91. The fourth-order valence-corrected chi connectivity index (χ4v) is 3.41. The van der Waals surface area contributed by atoms with Gasteiger partial charge >= 0.3 is 0 Å². The number of rotatable bonds is 4. The molecule has 138 valence electrons. The molecule has 1 aromatic carbocycles. The number of aromatic hydroxyl groups is 1. The molecule has 1 aliphatic carbocycles. The number of nitrogens with two attached hydrogens (primary N) is 1. The maximum Gasteiger partial charge on any atom is 0.264 e. The van der Waals surface area contributed by atoms with Crippen LogP contribution < -0.4 is 16.0 Å². The Balaban J connectivity index is 2.01. The second-order valence-corrected chi connectivity index (χ2v) is 6.71. The molecule has 0 amide bonds. The summed E-state index contributed by atoms with van der Waals surface area (Å²) in [6, 6.07) is 6.91. The van der Waals surface area contributed by atoms with Crippen molar-refractivity contribution in [2.24, 2.45) is 10.7 Å². The van der Waals surface area contributed by atoms with Crippen LogP contribution in [-0.4, -0.2) is 40.1 Å². The maximum absolute atomic E-state index is 12.3. The average molecular weight is 374 g/mol. The molecule has 0 spiro atoms. The summed E-state index contributed by atoms with van der Waals surface area (Å²) >= 11 is 5.21. The molecule has 0 aliphatic heterocycles. The van der Waals surface area contributed by atoms with E-state index in [2.05, 4.69) is 9.98 Å². The SMILES string of the molecule is COc1ccc(-n2c(O)c(C=N[C@H]3CCCC[C@@H]3N)c(=O)[nH]c2=S)cc1. The van der Waals surface area contributed by atoms with Crippen LogP contribution in [0.2, 0.25) is 0 Å². The van der Waals surface area contributed by atoms with Gasteiger partial charge in [0.25, 0.3) is 5.56 Å². The molecule has 3 rings (SSSR count). The first-order valence-corrected chi connectivity index (χ1v) is 8.93. The summed E-state index contributed by atoms with van der Waals surface area (Å²) in [6.45, 7) is 0. The zero-order valence-electron chi connectivity index (χ0n) is 14.5. The van der Waals surface area contributed by atoms with Gasteiger partial charge in [-0.25, -0.2) is 0 Å². The molecule has 1 aromatic heterocycles. The second-order valence-electron chi connectivity index (χ2n) is 6.32. The van der Waals surface area contributed by atoms with Gasteiger partial charge in [-0.2, -0.15) is 0 Å². The Morgan fingerprint density at radius 1 is 1.35 bits per heavy atom. The normalized spacial score (nSPS) is 20.4. The van der Waals surface area contributed by atoms with Crippen LogP contribution in [0.15, 0.2) is 34.1 Å². The van der Waals surface area contributed by atoms with Gasteiger partial charge in [-0.1, -0.05) is 12.8 Å². The predicted octanol–water partition coefficient (Wildman–Crippen LogP) is 2.30. The van der Waals surface area contributed by atoms with E-state index >= 15 is 0 Å². The minimum absolute atomic E-state index is 0.0202. The number of H-pyrrole nitrogens is 1. The van der Waals surface area contributed by atoms with Crippen LogP contribution in [0.1, 0.15) is 31.2 Å². The zero-order chi connectivity index (χ0) is 18.7. The van der Waals surface area contributed by atoms with Crippen molar-refractivity contribution in [3.63, 3.8) is 0 Å². The highest BCUT2D eigenvalue weighted by atomic mass is 32.1. The number of aromatic nitrogens is 2. The number of methoxy groups -OCH3 is 1. The van der Waals surface area contributed by atoms with Crippen molar-refractivity contribution in [3.05, 3.63) is 45.0 Å². The van der Waals surface area contributed by atoms with Gasteiger partial charge in [-0.15, -0.1) is 0 Å². The number of hydrogen-bond donors (Lipinski definition) is 3. The lowest BCUT2D eigenvalue weighted by Gasteiger charge is -2.25. The largest absolute Gasteiger partial charge is 0.497 e. The molecule has 8 heteroatoms. The number of nitrogens with zero attached hydrogens (tertiary/aromatic N) is 2. The highest BCUT2D eigenvalue weighted by molar-refractivity contribution is 7.71. The van der Waals surface area contributed by atoms with E-state index in [1.807, 2.05) is 0 Å². The first-order chi connectivity index (χ1) is 12.5. The molecule has 0 unspecified atom stereocenters. The molecule has 4 N–H and O–H groups in total. The molecule has 0 radical (unpaired) electrons. The Hall–Kier alpha value is -2.45. The van der Waals surface area contributed by atoms with Crippen molar-refractivity contribution in [1.29, 1.82) is 0 Å². The lowest BCUT2D eigenvalue weighted by molar-refractivity contribution is 0.387. The van der Waals surface area contributed by atoms with E-state index < -0.39 is 5.56 Å². The van der Waals surface area contributed by atoms with E-state index in [9.17, 15) is 9.90 Å². The van der Waals surface area contributed by atoms with Crippen molar-refractivity contribution in [1.82, 2.24) is 9.55 Å². The summed E-state index contributed by atoms with van der Waals surface area (Å²) in [4.78, 5) is 19.3. The Morgan fingerprint density at radius 3 is 2.69 bits per heavy atom. The molecule has 0 saturated heterocycles. The average Bonchev–Trinajstić information content (AvgIpc) is 2.63. The summed E-state index contributed by atoms with van der Waals surface area (Å²) in [5.74, 6) is 0.425. The highest BCUT2D eigenvalue weighted by Gasteiger charge is 2.21. The van der Waals surface area contributed by atoms with Gasteiger partial charge < -0.3 is 15.6 Å². The second kappa shape index (κ2) is 7.84. The van der Waals surface area contributed by atoms with Crippen LogP contribution in [0.3, 0.4) is 0 Å². The third kappa shape index (κ3) is 3.71. The lowest BCUT2D eigenvalue weighted by Crippen LogP contribution is -2.36. The van der Waals surface area contributed by atoms with Gasteiger partial charge in [0.05, 0.1) is 18.8 Å². The van der Waals surface area contributed by atoms with E-state index in [-0.39, 0.29) is 28.3 Å². The summed E-state index contributed by atoms with van der Waals surface area (Å²) in [7, 11) is 1.57. The van der Waals surface area contributed by atoms with Crippen molar-refractivity contribution in [2.75, 3.05) is 7.11 Å².